The predicted octanol–water partition coefficient (Wildman–Crippen LogP) is 4.31. The Morgan fingerprint density at radius 3 is 2.43 bits per heavy atom. The largest absolute Gasteiger partial charge is 0.419 e. The maximum Gasteiger partial charge on any atom is 0.419 e. The summed E-state index contributed by atoms with van der Waals surface area (Å²) in [6.07, 6.45) is -2.96. The van der Waals surface area contributed by atoms with Gasteiger partial charge in [-0.2, -0.15) is 13.2 Å². The third-order valence-electron chi connectivity index (χ3n) is 2.97. The smallest absolute Gasteiger partial charge is 0.379 e. The van der Waals surface area contributed by atoms with E-state index in [9.17, 15) is 17.6 Å². The fraction of sp³-hybridized carbons (Fsp3) is 0.600. The van der Waals surface area contributed by atoms with Crippen molar-refractivity contribution < 1.29 is 22.3 Å². The Morgan fingerprint density at radius 1 is 1.19 bits per heavy atom. The first kappa shape index (κ1) is 17.9. The summed E-state index contributed by atoms with van der Waals surface area (Å²) in [5.74, 6) is -1.25. The van der Waals surface area contributed by atoms with E-state index in [2.05, 4.69) is 5.32 Å². The molecule has 6 heteroatoms. The van der Waals surface area contributed by atoms with Gasteiger partial charge in [-0.1, -0.05) is 19.9 Å². The molecule has 0 aromatic heterocycles. The van der Waals surface area contributed by atoms with Crippen molar-refractivity contribution in [3.8, 4) is 0 Å². The van der Waals surface area contributed by atoms with Gasteiger partial charge in [-0.05, 0) is 37.1 Å². The number of halogens is 4. The molecule has 0 saturated carbocycles. The molecule has 1 unspecified atom stereocenters. The molecule has 0 radical (unpaired) electrons. The van der Waals surface area contributed by atoms with Crippen molar-refractivity contribution in [2.45, 2.75) is 38.9 Å². The van der Waals surface area contributed by atoms with Crippen LogP contribution in [0.5, 0.6) is 0 Å². The highest BCUT2D eigenvalue weighted by Gasteiger charge is 2.34. The van der Waals surface area contributed by atoms with Crippen LogP contribution in [0.15, 0.2) is 18.2 Å². The molecule has 1 aromatic carbocycles. The minimum Gasteiger partial charge on any atom is -0.379 e. The molecule has 21 heavy (non-hydrogen) atoms. The van der Waals surface area contributed by atoms with E-state index in [-0.39, 0.29) is 6.04 Å². The van der Waals surface area contributed by atoms with Gasteiger partial charge in [-0.3, -0.25) is 0 Å². The van der Waals surface area contributed by atoms with Crippen LogP contribution < -0.4 is 5.32 Å². The number of benzene rings is 1. The standard InChI is InChI=1S/C15H21F4NO/c1-3-7-20-14(10-21-8-4-2)11-5-6-12(13(16)9-11)15(17,18)19/h5-6,9,14,20H,3-4,7-8,10H2,1-2H3. The molecule has 0 fully saturated rings. The minimum absolute atomic E-state index is 0.304. The molecule has 1 rings (SSSR count). The van der Waals surface area contributed by atoms with Gasteiger partial charge in [-0.25, -0.2) is 4.39 Å². The van der Waals surface area contributed by atoms with E-state index < -0.39 is 17.6 Å². The zero-order chi connectivity index (χ0) is 15.9. The molecule has 0 spiro atoms. The van der Waals surface area contributed by atoms with Crippen LogP contribution in [0.1, 0.15) is 43.9 Å². The average molecular weight is 307 g/mol. The van der Waals surface area contributed by atoms with Gasteiger partial charge in [0.05, 0.1) is 18.2 Å². The van der Waals surface area contributed by atoms with Gasteiger partial charge in [0.25, 0.3) is 0 Å². The molecular formula is C15H21F4NO. The van der Waals surface area contributed by atoms with Crippen molar-refractivity contribution in [3.05, 3.63) is 35.1 Å². The van der Waals surface area contributed by atoms with Crippen LogP contribution >= 0.6 is 0 Å². The number of nitrogens with one attached hydrogen (secondary N) is 1. The van der Waals surface area contributed by atoms with Crippen LogP contribution in [0.3, 0.4) is 0 Å². The summed E-state index contributed by atoms with van der Waals surface area (Å²) in [6.45, 7) is 5.49. The molecule has 0 amide bonds. The highest BCUT2D eigenvalue weighted by molar-refractivity contribution is 5.28. The van der Waals surface area contributed by atoms with Crippen LogP contribution in [0.25, 0.3) is 0 Å². The highest BCUT2D eigenvalue weighted by atomic mass is 19.4. The summed E-state index contributed by atoms with van der Waals surface area (Å²) in [5.41, 5.74) is -0.778. The van der Waals surface area contributed by atoms with Gasteiger partial charge in [0.1, 0.15) is 5.82 Å². The SMILES string of the molecule is CCCNC(COCCC)c1ccc(C(F)(F)F)c(F)c1. The zero-order valence-corrected chi connectivity index (χ0v) is 12.3. The first-order valence-electron chi connectivity index (χ1n) is 7.07. The lowest BCUT2D eigenvalue weighted by Crippen LogP contribution is -2.27. The maximum atomic E-state index is 13.6. The van der Waals surface area contributed by atoms with Gasteiger partial charge < -0.3 is 10.1 Å². The lowest BCUT2D eigenvalue weighted by Gasteiger charge is -2.20. The van der Waals surface area contributed by atoms with Gasteiger partial charge in [-0.15, -0.1) is 0 Å². The molecule has 1 atom stereocenters. The normalized spacial score (nSPS) is 13.4. The Morgan fingerprint density at radius 2 is 1.90 bits per heavy atom. The Kier molecular flexibility index (Phi) is 7.11. The summed E-state index contributed by atoms with van der Waals surface area (Å²) >= 11 is 0. The quantitative estimate of drug-likeness (QED) is 0.571. The molecular weight excluding hydrogens is 286 g/mol. The predicted molar refractivity (Wildman–Crippen MR) is 73.5 cm³/mol. The third-order valence-corrected chi connectivity index (χ3v) is 2.97. The summed E-state index contributed by atoms with van der Waals surface area (Å²) in [6, 6.07) is 2.71. The topological polar surface area (TPSA) is 21.3 Å². The first-order valence-corrected chi connectivity index (χ1v) is 7.07. The molecule has 2 nitrogen and oxygen atoms in total. The Labute approximate surface area is 122 Å². The summed E-state index contributed by atoms with van der Waals surface area (Å²) in [7, 11) is 0. The monoisotopic (exact) mass is 307 g/mol. The Bertz CT molecular complexity index is 434. The molecule has 0 aliphatic heterocycles. The van der Waals surface area contributed by atoms with Gasteiger partial charge in [0.2, 0.25) is 0 Å². The van der Waals surface area contributed by atoms with E-state index in [0.29, 0.717) is 25.3 Å². The first-order chi connectivity index (χ1) is 9.90. The summed E-state index contributed by atoms with van der Waals surface area (Å²) in [5, 5.41) is 3.16. The number of ether oxygens (including phenoxy) is 1. The second kappa shape index (κ2) is 8.34. The lowest BCUT2D eigenvalue weighted by molar-refractivity contribution is -0.140. The average Bonchev–Trinajstić information content (AvgIpc) is 2.41. The molecule has 1 aromatic rings. The van der Waals surface area contributed by atoms with Crippen LogP contribution in [-0.2, 0) is 10.9 Å². The van der Waals surface area contributed by atoms with E-state index >= 15 is 0 Å². The van der Waals surface area contributed by atoms with E-state index in [0.717, 1.165) is 25.0 Å². The lowest BCUT2D eigenvalue weighted by atomic mass is 10.0. The third kappa shape index (κ3) is 5.63. The van der Waals surface area contributed by atoms with E-state index in [1.54, 1.807) is 0 Å². The number of hydrogen-bond acceptors (Lipinski definition) is 2. The number of alkyl halides is 3. The maximum absolute atomic E-state index is 13.6. The van der Waals surface area contributed by atoms with Crippen molar-refractivity contribution in [1.29, 1.82) is 0 Å². The van der Waals surface area contributed by atoms with Crippen LogP contribution in [0.2, 0.25) is 0 Å². The fourth-order valence-electron chi connectivity index (χ4n) is 1.92. The van der Waals surface area contributed by atoms with Crippen molar-refractivity contribution in [2.75, 3.05) is 19.8 Å². The van der Waals surface area contributed by atoms with Gasteiger partial charge >= 0.3 is 6.18 Å². The van der Waals surface area contributed by atoms with Crippen LogP contribution in [-0.4, -0.2) is 19.8 Å². The Hall–Kier alpha value is -1.14. The number of hydrogen-bond donors (Lipinski definition) is 1. The van der Waals surface area contributed by atoms with Crippen molar-refractivity contribution in [1.82, 2.24) is 5.32 Å². The fourth-order valence-corrected chi connectivity index (χ4v) is 1.92. The van der Waals surface area contributed by atoms with Gasteiger partial charge in [0.15, 0.2) is 0 Å². The van der Waals surface area contributed by atoms with E-state index in [1.807, 2.05) is 13.8 Å². The van der Waals surface area contributed by atoms with Gasteiger partial charge in [0, 0.05) is 6.61 Å². The van der Waals surface area contributed by atoms with Crippen LogP contribution in [0, 0.1) is 5.82 Å². The zero-order valence-electron chi connectivity index (χ0n) is 12.3. The minimum atomic E-state index is -4.67. The highest BCUT2D eigenvalue weighted by Crippen LogP contribution is 2.32. The summed E-state index contributed by atoms with van der Waals surface area (Å²) in [4.78, 5) is 0. The molecule has 0 aliphatic rings. The molecule has 0 aliphatic carbocycles. The second-order valence-electron chi connectivity index (χ2n) is 4.82. The second-order valence-corrected chi connectivity index (χ2v) is 4.82. The molecule has 1 N–H and O–H groups in total. The summed E-state index contributed by atoms with van der Waals surface area (Å²) < 4.78 is 56.7. The van der Waals surface area contributed by atoms with Crippen molar-refractivity contribution in [3.63, 3.8) is 0 Å². The Balaban J connectivity index is 2.88. The molecule has 0 bridgehead atoms. The molecule has 120 valence electrons. The van der Waals surface area contributed by atoms with E-state index in [1.165, 1.54) is 6.07 Å². The molecule has 0 saturated heterocycles. The van der Waals surface area contributed by atoms with Crippen LogP contribution in [0.4, 0.5) is 17.6 Å². The van der Waals surface area contributed by atoms with Crippen molar-refractivity contribution >= 4 is 0 Å². The number of rotatable bonds is 8. The van der Waals surface area contributed by atoms with Crippen molar-refractivity contribution in [2.24, 2.45) is 0 Å². The molecule has 0 heterocycles. The van der Waals surface area contributed by atoms with E-state index in [4.69, 9.17) is 4.74 Å².